The van der Waals surface area contributed by atoms with E-state index in [0.29, 0.717) is 5.75 Å². The van der Waals surface area contributed by atoms with E-state index in [1.807, 2.05) is 31.2 Å². The molecule has 0 radical (unpaired) electrons. The van der Waals surface area contributed by atoms with Crippen LogP contribution in [-0.4, -0.2) is 0 Å². The molecule has 0 bridgehead atoms. The number of benzene rings is 2. The lowest BCUT2D eigenvalue weighted by atomic mass is 10.1. The zero-order valence-electron chi connectivity index (χ0n) is 11.2. The number of ether oxygens (including phenoxy) is 1. The molecule has 0 aromatic heterocycles. The van der Waals surface area contributed by atoms with E-state index in [0.717, 1.165) is 17.5 Å². The molecule has 0 aliphatic rings. The Kier molecular flexibility index (Phi) is 4.17. The molecule has 2 aromatic rings. The molecule has 0 saturated heterocycles. The minimum Gasteiger partial charge on any atom is -0.454 e. The zero-order chi connectivity index (χ0) is 13.8. The SMILES string of the molecule is CCc1cccc(Oc2ccc([C@H](C)N)cc2F)c1. The molecular formula is C16H18FNO. The van der Waals surface area contributed by atoms with E-state index in [-0.39, 0.29) is 11.8 Å². The van der Waals surface area contributed by atoms with Gasteiger partial charge in [0, 0.05) is 6.04 Å². The highest BCUT2D eigenvalue weighted by molar-refractivity contribution is 5.36. The van der Waals surface area contributed by atoms with Crippen molar-refractivity contribution in [2.24, 2.45) is 5.73 Å². The molecule has 19 heavy (non-hydrogen) atoms. The summed E-state index contributed by atoms with van der Waals surface area (Å²) in [6.45, 7) is 3.89. The van der Waals surface area contributed by atoms with Crippen LogP contribution in [0.25, 0.3) is 0 Å². The third-order valence-corrected chi connectivity index (χ3v) is 3.02. The predicted molar refractivity (Wildman–Crippen MR) is 74.9 cm³/mol. The molecule has 0 fully saturated rings. The van der Waals surface area contributed by atoms with Crippen molar-refractivity contribution in [1.82, 2.24) is 0 Å². The molecular weight excluding hydrogens is 241 g/mol. The maximum absolute atomic E-state index is 13.9. The Bertz CT molecular complexity index is 566. The lowest BCUT2D eigenvalue weighted by molar-refractivity contribution is 0.441. The van der Waals surface area contributed by atoms with E-state index in [1.165, 1.54) is 6.07 Å². The molecule has 0 aliphatic heterocycles. The van der Waals surface area contributed by atoms with Crippen molar-refractivity contribution >= 4 is 0 Å². The first-order valence-electron chi connectivity index (χ1n) is 6.42. The summed E-state index contributed by atoms with van der Waals surface area (Å²) in [5.74, 6) is 0.473. The van der Waals surface area contributed by atoms with Crippen LogP contribution in [0.3, 0.4) is 0 Å². The first-order chi connectivity index (χ1) is 9.10. The molecule has 0 unspecified atom stereocenters. The molecule has 0 aliphatic carbocycles. The van der Waals surface area contributed by atoms with E-state index in [2.05, 4.69) is 6.92 Å². The van der Waals surface area contributed by atoms with Gasteiger partial charge in [-0.3, -0.25) is 0 Å². The highest BCUT2D eigenvalue weighted by Crippen LogP contribution is 2.27. The summed E-state index contributed by atoms with van der Waals surface area (Å²) in [7, 11) is 0. The average Bonchev–Trinajstić information content (AvgIpc) is 2.41. The van der Waals surface area contributed by atoms with Crippen molar-refractivity contribution in [2.45, 2.75) is 26.3 Å². The van der Waals surface area contributed by atoms with Gasteiger partial charge in [-0.25, -0.2) is 4.39 Å². The van der Waals surface area contributed by atoms with Gasteiger partial charge in [-0.1, -0.05) is 25.1 Å². The summed E-state index contributed by atoms with van der Waals surface area (Å²) in [4.78, 5) is 0. The summed E-state index contributed by atoms with van der Waals surface area (Å²) in [5.41, 5.74) is 7.63. The molecule has 0 heterocycles. The van der Waals surface area contributed by atoms with Crippen molar-refractivity contribution in [3.05, 3.63) is 59.4 Å². The Hall–Kier alpha value is -1.87. The van der Waals surface area contributed by atoms with Gasteiger partial charge in [0.05, 0.1) is 0 Å². The Morgan fingerprint density at radius 3 is 2.63 bits per heavy atom. The molecule has 1 atom stereocenters. The zero-order valence-corrected chi connectivity index (χ0v) is 11.2. The van der Waals surface area contributed by atoms with Gasteiger partial charge in [-0.2, -0.15) is 0 Å². The maximum Gasteiger partial charge on any atom is 0.166 e. The number of hydrogen-bond acceptors (Lipinski definition) is 2. The lowest BCUT2D eigenvalue weighted by Gasteiger charge is -2.10. The number of hydrogen-bond donors (Lipinski definition) is 1. The Morgan fingerprint density at radius 2 is 2.00 bits per heavy atom. The molecule has 3 heteroatoms. The Balaban J connectivity index is 2.23. The van der Waals surface area contributed by atoms with Gasteiger partial charge in [0.1, 0.15) is 5.75 Å². The van der Waals surface area contributed by atoms with Gasteiger partial charge in [0.2, 0.25) is 0 Å². The van der Waals surface area contributed by atoms with Crippen LogP contribution in [0.4, 0.5) is 4.39 Å². The number of aryl methyl sites for hydroxylation is 1. The number of nitrogens with two attached hydrogens (primary N) is 1. The molecule has 2 N–H and O–H groups in total. The third-order valence-electron chi connectivity index (χ3n) is 3.02. The summed E-state index contributed by atoms with van der Waals surface area (Å²) in [5, 5.41) is 0. The highest BCUT2D eigenvalue weighted by Gasteiger charge is 2.08. The van der Waals surface area contributed by atoms with Gasteiger partial charge in [-0.05, 0) is 48.7 Å². The van der Waals surface area contributed by atoms with Gasteiger partial charge in [0.25, 0.3) is 0 Å². The second-order valence-electron chi connectivity index (χ2n) is 4.58. The van der Waals surface area contributed by atoms with Crippen LogP contribution in [0.2, 0.25) is 0 Å². The second kappa shape index (κ2) is 5.85. The summed E-state index contributed by atoms with van der Waals surface area (Å²) in [6, 6.07) is 12.3. The van der Waals surface area contributed by atoms with Crippen molar-refractivity contribution in [3.63, 3.8) is 0 Å². The minimum atomic E-state index is -0.392. The van der Waals surface area contributed by atoms with Crippen LogP contribution in [0, 0.1) is 5.82 Å². The molecule has 100 valence electrons. The normalized spacial score (nSPS) is 12.2. The topological polar surface area (TPSA) is 35.2 Å². The van der Waals surface area contributed by atoms with E-state index >= 15 is 0 Å². The van der Waals surface area contributed by atoms with E-state index in [1.54, 1.807) is 12.1 Å². The quantitative estimate of drug-likeness (QED) is 0.893. The molecule has 2 aromatic carbocycles. The van der Waals surface area contributed by atoms with Crippen LogP contribution in [0.15, 0.2) is 42.5 Å². The van der Waals surface area contributed by atoms with E-state index in [4.69, 9.17) is 10.5 Å². The van der Waals surface area contributed by atoms with Crippen LogP contribution in [0.1, 0.15) is 31.0 Å². The smallest absolute Gasteiger partial charge is 0.166 e. The number of halogens is 1. The Morgan fingerprint density at radius 1 is 1.21 bits per heavy atom. The van der Waals surface area contributed by atoms with Crippen LogP contribution in [-0.2, 0) is 6.42 Å². The van der Waals surface area contributed by atoms with Crippen molar-refractivity contribution in [2.75, 3.05) is 0 Å². The average molecular weight is 259 g/mol. The van der Waals surface area contributed by atoms with Gasteiger partial charge >= 0.3 is 0 Å². The van der Waals surface area contributed by atoms with Crippen molar-refractivity contribution in [3.8, 4) is 11.5 Å². The lowest BCUT2D eigenvalue weighted by Crippen LogP contribution is -2.05. The number of rotatable bonds is 4. The van der Waals surface area contributed by atoms with Crippen LogP contribution in [0.5, 0.6) is 11.5 Å². The molecule has 2 nitrogen and oxygen atoms in total. The Labute approximate surface area is 113 Å². The first-order valence-corrected chi connectivity index (χ1v) is 6.42. The fourth-order valence-corrected chi connectivity index (χ4v) is 1.84. The predicted octanol–water partition coefficient (Wildman–Crippen LogP) is 4.20. The monoisotopic (exact) mass is 259 g/mol. The summed E-state index contributed by atoms with van der Waals surface area (Å²) >= 11 is 0. The molecule has 2 rings (SSSR count). The van der Waals surface area contributed by atoms with E-state index in [9.17, 15) is 4.39 Å². The first kappa shape index (κ1) is 13.6. The van der Waals surface area contributed by atoms with Gasteiger partial charge in [0.15, 0.2) is 11.6 Å². The van der Waals surface area contributed by atoms with Gasteiger partial charge in [-0.15, -0.1) is 0 Å². The molecule has 0 spiro atoms. The van der Waals surface area contributed by atoms with Crippen molar-refractivity contribution < 1.29 is 9.13 Å². The van der Waals surface area contributed by atoms with Crippen LogP contribution >= 0.6 is 0 Å². The summed E-state index contributed by atoms with van der Waals surface area (Å²) in [6.07, 6.45) is 0.920. The molecule has 0 amide bonds. The van der Waals surface area contributed by atoms with Gasteiger partial charge < -0.3 is 10.5 Å². The standard InChI is InChI=1S/C16H18FNO/c1-3-12-5-4-6-14(9-12)19-16-8-7-13(11(2)18)10-15(16)17/h4-11H,3,18H2,1-2H3/t11-/m0/s1. The minimum absolute atomic E-state index is 0.188. The summed E-state index contributed by atoms with van der Waals surface area (Å²) < 4.78 is 19.5. The largest absolute Gasteiger partial charge is 0.454 e. The van der Waals surface area contributed by atoms with Crippen molar-refractivity contribution in [1.29, 1.82) is 0 Å². The highest BCUT2D eigenvalue weighted by atomic mass is 19.1. The fourth-order valence-electron chi connectivity index (χ4n) is 1.84. The van der Waals surface area contributed by atoms with Crippen LogP contribution < -0.4 is 10.5 Å². The van der Waals surface area contributed by atoms with E-state index < -0.39 is 5.82 Å². The second-order valence-corrected chi connectivity index (χ2v) is 4.58. The molecule has 0 saturated carbocycles. The fraction of sp³-hybridized carbons (Fsp3) is 0.250. The maximum atomic E-state index is 13.9. The third kappa shape index (κ3) is 3.32.